The minimum atomic E-state index is -4.52. The second-order valence-electron chi connectivity index (χ2n) is 5.94. The molecular formula is C16H14ClF3N2O2S. The minimum absolute atomic E-state index is 0.132. The Morgan fingerprint density at radius 3 is 2.56 bits per heavy atom. The van der Waals surface area contributed by atoms with E-state index in [-0.39, 0.29) is 19.6 Å². The Hall–Kier alpha value is -1.64. The Kier molecular flexibility index (Phi) is 5.04. The van der Waals surface area contributed by atoms with Crippen molar-refractivity contribution >= 4 is 28.9 Å². The summed E-state index contributed by atoms with van der Waals surface area (Å²) in [5.41, 5.74) is 1.50. The van der Waals surface area contributed by atoms with E-state index in [1.807, 2.05) is 12.1 Å². The monoisotopic (exact) mass is 390 g/mol. The molecule has 0 saturated carbocycles. The van der Waals surface area contributed by atoms with Crippen molar-refractivity contribution in [3.8, 4) is 10.6 Å². The summed E-state index contributed by atoms with van der Waals surface area (Å²) in [5, 5.41) is 12.2. The molecule has 1 N–H and O–H groups in total. The highest BCUT2D eigenvalue weighted by atomic mass is 35.5. The van der Waals surface area contributed by atoms with Crippen LogP contribution in [0.25, 0.3) is 10.6 Å². The molecule has 1 aliphatic rings. The van der Waals surface area contributed by atoms with Crippen LogP contribution in [0.1, 0.15) is 5.69 Å². The number of likely N-dealkylation sites (tertiary alicyclic amines) is 1. The van der Waals surface area contributed by atoms with Gasteiger partial charge in [-0.25, -0.2) is 4.98 Å². The fraction of sp³-hybridized carbons (Fsp3) is 0.375. The lowest BCUT2D eigenvalue weighted by Gasteiger charge is -2.18. The van der Waals surface area contributed by atoms with E-state index < -0.39 is 24.0 Å². The van der Waals surface area contributed by atoms with Crippen LogP contribution in [0.2, 0.25) is 5.02 Å². The van der Waals surface area contributed by atoms with Gasteiger partial charge < -0.3 is 5.11 Å². The molecule has 0 spiro atoms. The van der Waals surface area contributed by atoms with E-state index in [0.29, 0.717) is 10.7 Å². The normalized spacial score (nSPS) is 21.6. The molecule has 1 aromatic heterocycles. The first-order valence-corrected chi connectivity index (χ1v) is 8.72. The van der Waals surface area contributed by atoms with E-state index in [1.54, 1.807) is 17.5 Å². The molecule has 0 bridgehead atoms. The molecule has 2 aromatic rings. The van der Waals surface area contributed by atoms with Crippen LogP contribution in [-0.4, -0.2) is 40.2 Å². The van der Waals surface area contributed by atoms with Gasteiger partial charge >= 0.3 is 12.1 Å². The number of hydrogen-bond acceptors (Lipinski definition) is 4. The molecule has 0 radical (unpaired) electrons. The fourth-order valence-corrected chi connectivity index (χ4v) is 3.87. The third kappa shape index (κ3) is 4.13. The quantitative estimate of drug-likeness (QED) is 0.851. The van der Waals surface area contributed by atoms with Crippen molar-refractivity contribution in [1.29, 1.82) is 0 Å². The first kappa shape index (κ1) is 18.2. The summed E-state index contributed by atoms with van der Waals surface area (Å²) in [6.07, 6.45) is -4.52. The third-order valence-corrected chi connectivity index (χ3v) is 5.35. The number of carboxylic acid groups (broad SMARTS) is 1. The predicted octanol–water partition coefficient (Wildman–Crippen LogP) is 4.16. The number of aliphatic carboxylic acids is 1. The molecule has 2 atom stereocenters. The highest BCUT2D eigenvalue weighted by molar-refractivity contribution is 7.13. The zero-order valence-electron chi connectivity index (χ0n) is 12.8. The molecular weight excluding hydrogens is 377 g/mol. The molecule has 0 amide bonds. The number of aromatic nitrogens is 1. The number of benzene rings is 1. The van der Waals surface area contributed by atoms with Crippen molar-refractivity contribution < 1.29 is 23.1 Å². The van der Waals surface area contributed by atoms with E-state index in [9.17, 15) is 18.0 Å². The van der Waals surface area contributed by atoms with Gasteiger partial charge in [-0.05, 0) is 12.1 Å². The summed E-state index contributed by atoms with van der Waals surface area (Å²) in [4.78, 5) is 17.1. The van der Waals surface area contributed by atoms with Crippen LogP contribution in [0.15, 0.2) is 29.6 Å². The van der Waals surface area contributed by atoms with Gasteiger partial charge in [-0.3, -0.25) is 9.69 Å². The Morgan fingerprint density at radius 2 is 2.00 bits per heavy atom. The first-order valence-electron chi connectivity index (χ1n) is 7.46. The third-order valence-electron chi connectivity index (χ3n) is 4.16. The van der Waals surface area contributed by atoms with Crippen LogP contribution in [0.5, 0.6) is 0 Å². The molecule has 1 fully saturated rings. The lowest BCUT2D eigenvalue weighted by molar-refractivity contribution is -0.188. The van der Waals surface area contributed by atoms with Gasteiger partial charge in [0.1, 0.15) is 5.01 Å². The highest BCUT2D eigenvalue weighted by Gasteiger charge is 2.52. The molecule has 9 heteroatoms. The van der Waals surface area contributed by atoms with Crippen molar-refractivity contribution in [3.05, 3.63) is 40.4 Å². The Morgan fingerprint density at radius 1 is 1.32 bits per heavy atom. The predicted molar refractivity (Wildman–Crippen MR) is 88.5 cm³/mol. The second-order valence-corrected chi connectivity index (χ2v) is 7.23. The van der Waals surface area contributed by atoms with Crippen LogP contribution in [0, 0.1) is 11.8 Å². The number of thiazole rings is 1. The first-order chi connectivity index (χ1) is 11.7. The van der Waals surface area contributed by atoms with Crippen molar-refractivity contribution in [2.24, 2.45) is 11.8 Å². The van der Waals surface area contributed by atoms with E-state index >= 15 is 0 Å². The molecule has 0 aliphatic carbocycles. The zero-order chi connectivity index (χ0) is 18.2. The SMILES string of the molecule is O=C(O)[C@@H]1CN(Cc2csc(-c3ccc(Cl)cc3)n2)C[C@H]1C(F)(F)F. The molecule has 1 saturated heterocycles. The summed E-state index contributed by atoms with van der Waals surface area (Å²) in [5.74, 6) is -4.70. The summed E-state index contributed by atoms with van der Waals surface area (Å²) < 4.78 is 39.1. The smallest absolute Gasteiger partial charge is 0.393 e. The number of alkyl halides is 3. The summed E-state index contributed by atoms with van der Waals surface area (Å²) in [6, 6.07) is 7.12. The molecule has 134 valence electrons. The molecule has 25 heavy (non-hydrogen) atoms. The maximum absolute atomic E-state index is 13.0. The lowest BCUT2D eigenvalue weighted by Crippen LogP contribution is -2.33. The molecule has 1 aromatic carbocycles. The summed E-state index contributed by atoms with van der Waals surface area (Å²) >= 11 is 7.23. The van der Waals surface area contributed by atoms with Crippen molar-refractivity contribution in [2.75, 3.05) is 13.1 Å². The van der Waals surface area contributed by atoms with Crippen LogP contribution < -0.4 is 0 Å². The van der Waals surface area contributed by atoms with E-state index in [1.165, 1.54) is 16.2 Å². The topological polar surface area (TPSA) is 53.4 Å². The minimum Gasteiger partial charge on any atom is -0.481 e. The van der Waals surface area contributed by atoms with Crippen molar-refractivity contribution in [3.63, 3.8) is 0 Å². The number of nitrogens with zero attached hydrogens (tertiary/aromatic N) is 2. The van der Waals surface area contributed by atoms with E-state index in [2.05, 4.69) is 4.98 Å². The van der Waals surface area contributed by atoms with Crippen LogP contribution in [0.4, 0.5) is 13.2 Å². The van der Waals surface area contributed by atoms with E-state index in [4.69, 9.17) is 16.7 Å². The number of carboxylic acids is 1. The molecule has 4 nitrogen and oxygen atoms in total. The molecule has 0 unspecified atom stereocenters. The van der Waals surface area contributed by atoms with Gasteiger partial charge in [-0.1, -0.05) is 23.7 Å². The lowest BCUT2D eigenvalue weighted by atomic mass is 9.96. The standard InChI is InChI=1S/C16H14ClF3N2O2S/c17-10-3-1-9(2-4-10)14-21-11(8-25-14)5-22-6-12(15(23)24)13(7-22)16(18,19)20/h1-4,8,12-13H,5-7H2,(H,23,24)/t12-,13-/m1/s1. The molecule has 2 heterocycles. The molecule has 3 rings (SSSR count). The average Bonchev–Trinajstić information content (AvgIpc) is 3.15. The number of halogens is 4. The van der Waals surface area contributed by atoms with Gasteiger partial charge in [-0.2, -0.15) is 13.2 Å². The average molecular weight is 391 g/mol. The number of hydrogen-bond donors (Lipinski definition) is 1. The van der Waals surface area contributed by atoms with Gasteiger partial charge in [0.15, 0.2) is 0 Å². The van der Waals surface area contributed by atoms with Crippen molar-refractivity contribution in [1.82, 2.24) is 9.88 Å². The van der Waals surface area contributed by atoms with E-state index in [0.717, 1.165) is 10.6 Å². The van der Waals surface area contributed by atoms with Crippen LogP contribution >= 0.6 is 22.9 Å². The highest BCUT2D eigenvalue weighted by Crippen LogP contribution is 2.38. The van der Waals surface area contributed by atoms with Gasteiger partial charge in [-0.15, -0.1) is 11.3 Å². The van der Waals surface area contributed by atoms with Gasteiger partial charge in [0.2, 0.25) is 0 Å². The number of carbonyl (C=O) groups is 1. The zero-order valence-corrected chi connectivity index (χ0v) is 14.4. The largest absolute Gasteiger partial charge is 0.481 e. The maximum Gasteiger partial charge on any atom is 0.393 e. The Balaban J connectivity index is 1.71. The Labute approximate surface area is 150 Å². The van der Waals surface area contributed by atoms with Crippen LogP contribution in [0.3, 0.4) is 0 Å². The van der Waals surface area contributed by atoms with Crippen molar-refractivity contribution in [2.45, 2.75) is 12.7 Å². The summed E-state index contributed by atoms with van der Waals surface area (Å²) in [7, 11) is 0. The number of rotatable bonds is 4. The summed E-state index contributed by atoms with van der Waals surface area (Å²) in [6.45, 7) is -0.262. The fourth-order valence-electron chi connectivity index (χ4n) is 2.93. The molecule has 1 aliphatic heterocycles. The second kappa shape index (κ2) is 6.93. The van der Waals surface area contributed by atoms with Crippen LogP contribution in [-0.2, 0) is 11.3 Å². The van der Waals surface area contributed by atoms with Gasteiger partial charge in [0.25, 0.3) is 0 Å². The van der Waals surface area contributed by atoms with Gasteiger partial charge in [0, 0.05) is 35.6 Å². The Bertz CT molecular complexity index is 763. The maximum atomic E-state index is 13.0. The van der Waals surface area contributed by atoms with Gasteiger partial charge in [0.05, 0.1) is 17.5 Å².